The molecule has 0 atom stereocenters. The molecule has 2 rings (SSSR count). The van der Waals surface area contributed by atoms with E-state index in [1.807, 2.05) is 13.0 Å². The highest BCUT2D eigenvalue weighted by atomic mass is 32.2. The number of guanidine groups is 1. The van der Waals surface area contributed by atoms with Crippen molar-refractivity contribution in [1.29, 1.82) is 0 Å². The average Bonchev–Trinajstić information content (AvgIpc) is 2.53. The summed E-state index contributed by atoms with van der Waals surface area (Å²) in [6.07, 6.45) is 0.976. The van der Waals surface area contributed by atoms with E-state index in [0.717, 1.165) is 23.0 Å². The van der Waals surface area contributed by atoms with Gasteiger partial charge < -0.3 is 15.5 Å². The normalized spacial score (nSPS) is 12.9. The van der Waals surface area contributed by atoms with Gasteiger partial charge in [-0.2, -0.15) is 0 Å². The Kier molecular flexibility index (Phi) is 3.00. The van der Waals surface area contributed by atoms with Crippen LogP contribution in [0.4, 0.5) is 5.69 Å². The quantitative estimate of drug-likeness (QED) is 0.633. The third kappa shape index (κ3) is 3.01. The lowest BCUT2D eigenvalue weighted by Gasteiger charge is -2.04. The van der Waals surface area contributed by atoms with Gasteiger partial charge in [-0.1, -0.05) is 0 Å². The number of aryl methyl sites for hydroxylation is 1. The van der Waals surface area contributed by atoms with Crippen LogP contribution in [-0.4, -0.2) is 20.6 Å². The molecule has 0 aliphatic carbocycles. The van der Waals surface area contributed by atoms with E-state index >= 15 is 0 Å². The van der Waals surface area contributed by atoms with Crippen LogP contribution in [0, 0.1) is 6.92 Å². The minimum Gasteiger partial charge on any atom is -0.461 e. The van der Waals surface area contributed by atoms with E-state index in [1.54, 1.807) is 18.2 Å². The van der Waals surface area contributed by atoms with Gasteiger partial charge in [0.25, 0.3) is 10.0 Å². The molecule has 7 heteroatoms. The fourth-order valence-corrected chi connectivity index (χ4v) is 2.01. The summed E-state index contributed by atoms with van der Waals surface area (Å²) in [6.45, 7) is 1.85. The van der Waals surface area contributed by atoms with Crippen molar-refractivity contribution in [3.05, 3.63) is 30.0 Å². The van der Waals surface area contributed by atoms with Gasteiger partial charge in [0.1, 0.15) is 11.3 Å². The smallest absolute Gasteiger partial charge is 0.253 e. The number of hydrogen-bond acceptors (Lipinski definition) is 3. The molecule has 0 saturated carbocycles. The number of rotatable bonds is 2. The van der Waals surface area contributed by atoms with Crippen LogP contribution < -0.4 is 11.1 Å². The molecule has 96 valence electrons. The lowest BCUT2D eigenvalue weighted by atomic mass is 10.2. The first-order valence-electron chi connectivity index (χ1n) is 5.16. The van der Waals surface area contributed by atoms with Gasteiger partial charge in [-0.3, -0.25) is 0 Å². The Labute approximate surface area is 105 Å². The summed E-state index contributed by atoms with van der Waals surface area (Å²) in [4.78, 5) is 0. The van der Waals surface area contributed by atoms with Crippen molar-refractivity contribution in [2.75, 3.05) is 11.6 Å². The zero-order valence-corrected chi connectivity index (χ0v) is 10.8. The van der Waals surface area contributed by atoms with Crippen LogP contribution in [0.15, 0.2) is 33.1 Å². The molecular weight excluding hydrogens is 254 g/mol. The van der Waals surface area contributed by atoms with Crippen LogP contribution in [0.2, 0.25) is 0 Å². The molecule has 1 aromatic carbocycles. The lowest BCUT2D eigenvalue weighted by molar-refractivity contribution is 0.578. The van der Waals surface area contributed by atoms with Gasteiger partial charge in [0.2, 0.25) is 5.96 Å². The highest BCUT2D eigenvalue weighted by Crippen LogP contribution is 2.22. The largest absolute Gasteiger partial charge is 0.461 e. The van der Waals surface area contributed by atoms with Gasteiger partial charge in [-0.15, -0.1) is 4.40 Å². The van der Waals surface area contributed by atoms with Crippen molar-refractivity contribution in [3.8, 4) is 0 Å². The molecule has 3 N–H and O–H groups in total. The number of anilines is 1. The summed E-state index contributed by atoms with van der Waals surface area (Å²) in [5, 5.41) is 3.61. The zero-order chi connectivity index (χ0) is 13.3. The third-order valence-electron chi connectivity index (χ3n) is 2.18. The van der Waals surface area contributed by atoms with E-state index in [9.17, 15) is 8.42 Å². The summed E-state index contributed by atoms with van der Waals surface area (Å²) in [7, 11) is -3.50. The first kappa shape index (κ1) is 12.4. The van der Waals surface area contributed by atoms with Gasteiger partial charge in [0.05, 0.1) is 6.26 Å². The van der Waals surface area contributed by atoms with Gasteiger partial charge >= 0.3 is 0 Å². The first-order chi connectivity index (χ1) is 8.33. The number of nitrogens with two attached hydrogens (primary N) is 1. The van der Waals surface area contributed by atoms with Crippen LogP contribution >= 0.6 is 0 Å². The molecule has 1 aromatic heterocycles. The number of nitrogens with one attached hydrogen (secondary N) is 1. The molecule has 18 heavy (non-hydrogen) atoms. The summed E-state index contributed by atoms with van der Waals surface area (Å²) in [6, 6.07) is 7.19. The van der Waals surface area contributed by atoms with Crippen molar-refractivity contribution in [2.24, 2.45) is 10.1 Å². The van der Waals surface area contributed by atoms with Crippen LogP contribution in [-0.2, 0) is 10.0 Å². The molecule has 0 radical (unpaired) electrons. The summed E-state index contributed by atoms with van der Waals surface area (Å²) < 4.78 is 30.6. The van der Waals surface area contributed by atoms with Gasteiger partial charge in [0.15, 0.2) is 0 Å². The van der Waals surface area contributed by atoms with Gasteiger partial charge in [0, 0.05) is 11.1 Å². The number of nitrogens with zero attached hydrogens (tertiary/aromatic N) is 1. The molecular formula is C11H13N3O3S. The Balaban J connectivity index is 2.29. The van der Waals surface area contributed by atoms with Crippen molar-refractivity contribution >= 4 is 32.6 Å². The maximum absolute atomic E-state index is 10.9. The molecule has 0 spiro atoms. The number of hydrogen-bond donors (Lipinski definition) is 2. The highest BCUT2D eigenvalue weighted by molar-refractivity contribution is 7.89. The third-order valence-corrected chi connectivity index (χ3v) is 2.70. The molecule has 0 saturated heterocycles. The predicted octanol–water partition coefficient (Wildman–Crippen LogP) is 1.43. The Hall–Kier alpha value is -2.02. The van der Waals surface area contributed by atoms with Gasteiger partial charge in [-0.25, -0.2) is 8.42 Å². The van der Waals surface area contributed by atoms with E-state index in [1.165, 1.54) is 0 Å². The van der Waals surface area contributed by atoms with Crippen molar-refractivity contribution in [2.45, 2.75) is 6.92 Å². The fraction of sp³-hybridized carbons (Fsp3) is 0.182. The fourth-order valence-electron chi connectivity index (χ4n) is 1.60. The van der Waals surface area contributed by atoms with Gasteiger partial charge in [-0.05, 0) is 31.2 Å². The Morgan fingerprint density at radius 2 is 2.11 bits per heavy atom. The Bertz CT molecular complexity index is 716. The molecule has 0 aliphatic rings. The number of sulfonamides is 1. The summed E-state index contributed by atoms with van der Waals surface area (Å²) >= 11 is 0. The Morgan fingerprint density at radius 3 is 2.78 bits per heavy atom. The molecule has 0 unspecified atom stereocenters. The maximum Gasteiger partial charge on any atom is 0.253 e. The monoisotopic (exact) mass is 267 g/mol. The minimum absolute atomic E-state index is 0.169. The summed E-state index contributed by atoms with van der Waals surface area (Å²) in [5.74, 6) is 0.636. The number of furan rings is 1. The molecule has 2 aromatic rings. The number of benzene rings is 1. The lowest BCUT2D eigenvalue weighted by Crippen LogP contribution is -2.23. The predicted molar refractivity (Wildman–Crippen MR) is 71.0 cm³/mol. The zero-order valence-electron chi connectivity index (χ0n) is 9.97. The number of fused-ring (bicyclic) bond motifs is 1. The van der Waals surface area contributed by atoms with Crippen molar-refractivity contribution in [3.63, 3.8) is 0 Å². The van der Waals surface area contributed by atoms with E-state index in [4.69, 9.17) is 10.2 Å². The SMILES string of the molecule is Cc1cc2cc(N/C(N)=N\S(C)(=O)=O)ccc2o1. The topological polar surface area (TPSA) is 97.7 Å². The van der Waals surface area contributed by atoms with E-state index in [0.29, 0.717) is 5.69 Å². The molecule has 1 heterocycles. The standard InChI is InChI=1S/C11H13N3O3S/c1-7-5-8-6-9(3-4-10(8)17-7)13-11(12)14-18(2,15)16/h3-6H,1-2H3,(H3,12,13,14). The van der Waals surface area contributed by atoms with Crippen LogP contribution in [0.25, 0.3) is 11.0 Å². The maximum atomic E-state index is 10.9. The van der Waals surface area contributed by atoms with E-state index in [2.05, 4.69) is 9.71 Å². The van der Waals surface area contributed by atoms with Crippen LogP contribution in [0.5, 0.6) is 0 Å². The molecule has 0 fully saturated rings. The van der Waals surface area contributed by atoms with Crippen LogP contribution in [0.3, 0.4) is 0 Å². The first-order valence-corrected chi connectivity index (χ1v) is 7.01. The average molecular weight is 267 g/mol. The molecule has 6 nitrogen and oxygen atoms in total. The van der Waals surface area contributed by atoms with Crippen molar-refractivity contribution in [1.82, 2.24) is 0 Å². The van der Waals surface area contributed by atoms with Crippen molar-refractivity contribution < 1.29 is 12.8 Å². The molecule has 0 bridgehead atoms. The molecule has 0 aliphatic heterocycles. The second-order valence-electron chi connectivity index (χ2n) is 3.94. The van der Waals surface area contributed by atoms with E-state index in [-0.39, 0.29) is 5.96 Å². The second-order valence-corrected chi connectivity index (χ2v) is 5.59. The Morgan fingerprint density at radius 1 is 1.39 bits per heavy atom. The molecule has 0 amide bonds. The highest BCUT2D eigenvalue weighted by Gasteiger charge is 2.04. The van der Waals surface area contributed by atoms with Crippen LogP contribution in [0.1, 0.15) is 5.76 Å². The van der Waals surface area contributed by atoms with E-state index < -0.39 is 10.0 Å². The second kappa shape index (κ2) is 4.34. The minimum atomic E-state index is -3.50. The summed E-state index contributed by atoms with van der Waals surface area (Å²) in [5.41, 5.74) is 6.88.